The Labute approximate surface area is 447 Å². The van der Waals surface area contributed by atoms with Crippen LogP contribution in [0, 0.1) is 0 Å². The van der Waals surface area contributed by atoms with Gasteiger partial charge in [0.15, 0.2) is 5.84 Å². The van der Waals surface area contributed by atoms with Crippen molar-refractivity contribution >= 4 is 55.3 Å². The van der Waals surface area contributed by atoms with E-state index in [0.29, 0.717) is 5.84 Å². The van der Waals surface area contributed by atoms with Crippen molar-refractivity contribution in [3.8, 4) is 55.9 Å². The maximum Gasteiger partial charge on any atom is 0.159 e. The lowest BCUT2D eigenvalue weighted by molar-refractivity contribution is 0.658. The van der Waals surface area contributed by atoms with E-state index in [1.54, 1.807) is 0 Å². The lowest BCUT2D eigenvalue weighted by atomic mass is 9.82. The van der Waals surface area contributed by atoms with Gasteiger partial charge in [0.2, 0.25) is 0 Å². The third-order valence-corrected chi connectivity index (χ3v) is 16.2. The Balaban J connectivity index is 0.905. The first-order valence-electron chi connectivity index (χ1n) is 26.6. The number of hydrogen-bond donors (Lipinski definition) is 1. The molecule has 1 unspecified atom stereocenters. The molecule has 0 amide bonds. The summed E-state index contributed by atoms with van der Waals surface area (Å²) >= 11 is 0. The standard InChI is InChI=1S/C72H51N5/c1-72(2)60-31-15-12-26-53(60)54-42-41-51(44-61(54)72)70-73-69(49-38-36-48(37-39-49)46-20-6-3-7-21-46)74-71(75-70)59-28-14-17-33-63(59)77-62-32-16-13-27-57(62)67-55(30-19-35-65(67)77)56-29-18-34-64-68(56)58-43-40-50(47-22-8-4-9-23-47)45-66(58)76(64)52-24-10-5-11-25-52/h3-45,71H,1-2H3,(H,73,74,75). The van der Waals surface area contributed by atoms with E-state index >= 15 is 0 Å². The molecule has 1 aliphatic heterocycles. The lowest BCUT2D eigenvalue weighted by Crippen LogP contribution is -2.34. The van der Waals surface area contributed by atoms with Crippen LogP contribution in [0.1, 0.15) is 47.8 Å². The summed E-state index contributed by atoms with van der Waals surface area (Å²) in [4.78, 5) is 10.9. The van der Waals surface area contributed by atoms with Crippen LogP contribution in [0.2, 0.25) is 0 Å². The Morgan fingerprint density at radius 2 is 0.909 bits per heavy atom. The maximum atomic E-state index is 5.55. The summed E-state index contributed by atoms with van der Waals surface area (Å²) in [6.07, 6.45) is -0.473. The molecule has 0 fully saturated rings. The summed E-state index contributed by atoms with van der Waals surface area (Å²) in [6, 6.07) is 94.6. The highest BCUT2D eigenvalue weighted by Gasteiger charge is 2.36. The van der Waals surface area contributed by atoms with E-state index < -0.39 is 6.17 Å². The van der Waals surface area contributed by atoms with Gasteiger partial charge in [0.25, 0.3) is 0 Å². The second-order valence-corrected chi connectivity index (χ2v) is 20.9. The van der Waals surface area contributed by atoms with Gasteiger partial charge in [-0.25, -0.2) is 9.98 Å². The summed E-state index contributed by atoms with van der Waals surface area (Å²) < 4.78 is 4.89. The zero-order chi connectivity index (χ0) is 51.2. The van der Waals surface area contributed by atoms with Crippen LogP contribution in [0.25, 0.3) is 99.5 Å². The first kappa shape index (κ1) is 44.6. The molecule has 1 N–H and O–H groups in total. The molecule has 5 heteroatoms. The number of aliphatic imine (C=N–C) groups is 2. The molecular formula is C72H51N5. The third-order valence-electron chi connectivity index (χ3n) is 16.2. The highest BCUT2D eigenvalue weighted by Crippen LogP contribution is 2.49. The van der Waals surface area contributed by atoms with Crippen molar-refractivity contribution in [3.63, 3.8) is 0 Å². The van der Waals surface area contributed by atoms with Gasteiger partial charge in [-0.15, -0.1) is 0 Å². The summed E-state index contributed by atoms with van der Waals surface area (Å²) in [7, 11) is 0. The first-order valence-corrected chi connectivity index (χ1v) is 26.6. The highest BCUT2D eigenvalue weighted by atomic mass is 15.2. The second-order valence-electron chi connectivity index (χ2n) is 20.9. The van der Waals surface area contributed by atoms with Crippen molar-refractivity contribution in [2.75, 3.05) is 0 Å². The molecule has 0 saturated carbocycles. The normalized spacial score (nSPS) is 14.6. The number of hydrogen-bond acceptors (Lipinski definition) is 3. The topological polar surface area (TPSA) is 46.6 Å². The smallest absolute Gasteiger partial charge is 0.159 e. The summed E-state index contributed by atoms with van der Waals surface area (Å²) in [6.45, 7) is 4.67. The van der Waals surface area contributed by atoms with Gasteiger partial charge in [-0.2, -0.15) is 0 Å². The number of benzene rings is 11. The van der Waals surface area contributed by atoms with Crippen molar-refractivity contribution in [1.82, 2.24) is 14.5 Å². The monoisotopic (exact) mass is 985 g/mol. The fourth-order valence-electron chi connectivity index (χ4n) is 12.6. The van der Waals surface area contributed by atoms with E-state index in [4.69, 9.17) is 9.98 Å². The fraction of sp³-hybridized carbons (Fsp3) is 0.0556. The molecule has 1 atom stereocenters. The molecule has 2 aromatic heterocycles. The number of aromatic nitrogens is 2. The van der Waals surface area contributed by atoms with Crippen molar-refractivity contribution in [2.45, 2.75) is 25.4 Å². The number of nitrogens with one attached hydrogen (secondary N) is 1. The van der Waals surface area contributed by atoms with Crippen LogP contribution < -0.4 is 5.32 Å². The first-order chi connectivity index (χ1) is 38.0. The minimum Gasteiger partial charge on any atom is -0.344 e. The van der Waals surface area contributed by atoms with Crippen LogP contribution >= 0.6 is 0 Å². The average molecular weight is 986 g/mol. The summed E-state index contributed by atoms with van der Waals surface area (Å²) in [5.74, 6) is 1.48. The van der Waals surface area contributed by atoms with Crippen molar-refractivity contribution in [1.29, 1.82) is 0 Å². The molecule has 2 aliphatic rings. The van der Waals surface area contributed by atoms with Crippen LogP contribution in [-0.2, 0) is 5.41 Å². The predicted molar refractivity (Wildman–Crippen MR) is 321 cm³/mol. The van der Waals surface area contributed by atoms with Crippen molar-refractivity contribution in [3.05, 3.63) is 289 Å². The van der Waals surface area contributed by atoms with E-state index in [1.165, 1.54) is 82.6 Å². The third kappa shape index (κ3) is 7.15. The second kappa shape index (κ2) is 17.6. The van der Waals surface area contributed by atoms with Crippen molar-refractivity contribution in [2.24, 2.45) is 9.98 Å². The molecule has 0 spiro atoms. The predicted octanol–water partition coefficient (Wildman–Crippen LogP) is 17.7. The Kier molecular flexibility index (Phi) is 10.2. The molecular weight excluding hydrogens is 935 g/mol. The van der Waals surface area contributed by atoms with Gasteiger partial charge in [0, 0.05) is 49.3 Å². The van der Waals surface area contributed by atoms with Gasteiger partial charge in [-0.05, 0) is 104 Å². The largest absolute Gasteiger partial charge is 0.344 e. The quantitative estimate of drug-likeness (QED) is 0.162. The van der Waals surface area contributed by atoms with Gasteiger partial charge in [-0.3, -0.25) is 0 Å². The SMILES string of the molecule is CC1(C)c2ccccc2-c2ccc(C3=NC(c4ccc(-c5ccccc5)cc4)=NC(c4ccccc4-n4c5ccccc5c5c(-c6cccc7c6c6ccc(-c8ccccc8)cc6n7-c6ccccc6)cccc54)N3)cc21. The van der Waals surface area contributed by atoms with Crippen LogP contribution in [-0.4, -0.2) is 20.8 Å². The Bertz CT molecular complexity index is 4540. The van der Waals surface area contributed by atoms with E-state index in [9.17, 15) is 0 Å². The molecule has 0 bridgehead atoms. The van der Waals surface area contributed by atoms with E-state index in [2.05, 4.69) is 289 Å². The molecule has 0 radical (unpaired) electrons. The number of para-hydroxylation sites is 3. The zero-order valence-corrected chi connectivity index (χ0v) is 42.7. The number of fused-ring (bicyclic) bond motifs is 9. The van der Waals surface area contributed by atoms with Gasteiger partial charge in [0.1, 0.15) is 12.0 Å². The van der Waals surface area contributed by atoms with E-state index in [-0.39, 0.29) is 5.41 Å². The summed E-state index contributed by atoms with van der Waals surface area (Å²) in [5.41, 5.74) is 21.9. The molecule has 3 heterocycles. The van der Waals surface area contributed by atoms with Crippen LogP contribution in [0.15, 0.2) is 271 Å². The molecule has 5 nitrogen and oxygen atoms in total. The average Bonchev–Trinajstić information content (AvgIpc) is 4.33. The van der Waals surface area contributed by atoms with Crippen LogP contribution in [0.5, 0.6) is 0 Å². The minimum atomic E-state index is -0.473. The molecule has 0 saturated heterocycles. The van der Waals surface area contributed by atoms with Crippen molar-refractivity contribution < 1.29 is 0 Å². The Morgan fingerprint density at radius 1 is 0.377 bits per heavy atom. The number of amidine groups is 2. The molecule has 1 aliphatic carbocycles. The molecule has 11 aromatic carbocycles. The van der Waals surface area contributed by atoms with Gasteiger partial charge < -0.3 is 14.5 Å². The fourth-order valence-corrected chi connectivity index (χ4v) is 12.6. The van der Waals surface area contributed by atoms with Gasteiger partial charge in [-0.1, -0.05) is 226 Å². The lowest BCUT2D eigenvalue weighted by Gasteiger charge is -2.27. The van der Waals surface area contributed by atoms with E-state index in [0.717, 1.165) is 50.5 Å². The number of rotatable bonds is 8. The van der Waals surface area contributed by atoms with Crippen LogP contribution in [0.3, 0.4) is 0 Å². The molecule has 77 heavy (non-hydrogen) atoms. The Morgan fingerprint density at radius 3 is 1.66 bits per heavy atom. The molecule has 13 aromatic rings. The van der Waals surface area contributed by atoms with Gasteiger partial charge >= 0.3 is 0 Å². The maximum absolute atomic E-state index is 5.55. The molecule has 15 rings (SSSR count). The highest BCUT2D eigenvalue weighted by molar-refractivity contribution is 6.22. The van der Waals surface area contributed by atoms with Crippen LogP contribution in [0.4, 0.5) is 0 Å². The number of nitrogens with zero attached hydrogens (tertiary/aromatic N) is 4. The molecule has 364 valence electrons. The minimum absolute atomic E-state index is 0.168. The van der Waals surface area contributed by atoms with E-state index in [1.807, 2.05) is 0 Å². The zero-order valence-electron chi connectivity index (χ0n) is 42.7. The van der Waals surface area contributed by atoms with Gasteiger partial charge in [0.05, 0.1) is 27.8 Å². The summed E-state index contributed by atoms with van der Waals surface area (Å²) in [5, 5.41) is 8.74. The Hall–Kier alpha value is -9.84.